The smallest absolute Gasteiger partial charge is 0.0924 e. The summed E-state index contributed by atoms with van der Waals surface area (Å²) in [5.74, 6) is 0. The van der Waals surface area contributed by atoms with Gasteiger partial charge >= 0.3 is 0 Å². The molecule has 0 saturated carbocycles. The highest BCUT2D eigenvalue weighted by Gasteiger charge is 1.94. The third kappa shape index (κ3) is 2.42. The van der Waals surface area contributed by atoms with Gasteiger partial charge in [0.25, 0.3) is 0 Å². The molecule has 68 valence electrons. The van der Waals surface area contributed by atoms with Crippen LogP contribution in [-0.2, 0) is 0 Å². The van der Waals surface area contributed by atoms with Gasteiger partial charge in [-0.05, 0) is 12.6 Å². The monoisotopic (exact) mass is 175 g/mol. The van der Waals surface area contributed by atoms with E-state index in [2.05, 4.69) is 15.7 Å². The molecule has 2 aromatic rings. The van der Waals surface area contributed by atoms with Crippen molar-refractivity contribution >= 4 is 0 Å². The fraction of sp³-hybridized carbons (Fsp3) is 0.100. The lowest BCUT2D eigenvalue weighted by Gasteiger charge is -1.93. The van der Waals surface area contributed by atoms with E-state index in [4.69, 9.17) is 0 Å². The van der Waals surface area contributed by atoms with Crippen LogP contribution in [0.3, 0.4) is 0 Å². The molecule has 0 saturated heterocycles. The van der Waals surface area contributed by atoms with Crippen LogP contribution in [0, 0.1) is 0 Å². The van der Waals surface area contributed by atoms with Crippen molar-refractivity contribution in [3.63, 3.8) is 0 Å². The number of nitrogens with two attached hydrogens (primary N) is 1. The molecule has 0 fully saturated rings. The number of hydrogen-bond donors (Lipinski definition) is 2. The molecule has 0 atom stereocenters. The zero-order chi connectivity index (χ0) is 9.52. The van der Waals surface area contributed by atoms with Gasteiger partial charge in [0.1, 0.15) is 0 Å². The van der Waals surface area contributed by atoms with Crippen molar-refractivity contribution in [3.05, 3.63) is 42.9 Å². The van der Waals surface area contributed by atoms with E-state index in [1.807, 2.05) is 36.5 Å². The van der Waals surface area contributed by atoms with E-state index >= 15 is 0 Å². The van der Waals surface area contributed by atoms with Gasteiger partial charge < -0.3 is 10.7 Å². The van der Waals surface area contributed by atoms with Crippen LogP contribution in [0.15, 0.2) is 42.9 Å². The Morgan fingerprint density at radius 3 is 2.38 bits per heavy atom. The van der Waals surface area contributed by atoms with Crippen LogP contribution in [-0.4, -0.2) is 17.0 Å². The standard InChI is InChI=1S/C9H8N2.CH5N/c1-2-4-8(5-3-1)9-6-10-7-11-9;1-2/h1-7H,(H,10,11);2H2,1H3. The minimum absolute atomic E-state index is 1.06. The van der Waals surface area contributed by atoms with Crippen molar-refractivity contribution in [2.24, 2.45) is 5.73 Å². The van der Waals surface area contributed by atoms with Crippen LogP contribution < -0.4 is 5.73 Å². The summed E-state index contributed by atoms with van der Waals surface area (Å²) < 4.78 is 0. The van der Waals surface area contributed by atoms with E-state index in [0.717, 1.165) is 5.69 Å². The quantitative estimate of drug-likeness (QED) is 0.692. The first-order valence-electron chi connectivity index (χ1n) is 4.08. The third-order valence-corrected chi connectivity index (χ3v) is 1.58. The fourth-order valence-electron chi connectivity index (χ4n) is 1.03. The maximum atomic E-state index is 4.50. The zero-order valence-corrected chi connectivity index (χ0v) is 7.57. The van der Waals surface area contributed by atoms with E-state index in [0.29, 0.717) is 0 Å². The average Bonchev–Trinajstić information content (AvgIpc) is 2.75. The summed E-state index contributed by atoms with van der Waals surface area (Å²) >= 11 is 0. The fourth-order valence-corrected chi connectivity index (χ4v) is 1.03. The maximum Gasteiger partial charge on any atom is 0.0924 e. The van der Waals surface area contributed by atoms with Crippen LogP contribution in [0.25, 0.3) is 11.3 Å². The molecule has 1 heterocycles. The van der Waals surface area contributed by atoms with Crippen molar-refractivity contribution in [1.82, 2.24) is 9.97 Å². The normalized spacial score (nSPS) is 8.77. The van der Waals surface area contributed by atoms with Crippen molar-refractivity contribution in [3.8, 4) is 11.3 Å². The van der Waals surface area contributed by atoms with Crippen molar-refractivity contribution in [2.75, 3.05) is 7.05 Å². The van der Waals surface area contributed by atoms with E-state index in [-0.39, 0.29) is 0 Å². The molecular formula is C10H13N3. The number of aromatic amines is 1. The van der Waals surface area contributed by atoms with Gasteiger partial charge in [0.2, 0.25) is 0 Å². The van der Waals surface area contributed by atoms with Crippen molar-refractivity contribution < 1.29 is 0 Å². The van der Waals surface area contributed by atoms with Crippen LogP contribution in [0.1, 0.15) is 0 Å². The van der Waals surface area contributed by atoms with Gasteiger partial charge in [-0.3, -0.25) is 0 Å². The van der Waals surface area contributed by atoms with Crippen LogP contribution in [0.5, 0.6) is 0 Å². The zero-order valence-electron chi connectivity index (χ0n) is 7.57. The Kier molecular flexibility index (Phi) is 3.73. The largest absolute Gasteiger partial charge is 0.345 e. The molecule has 0 aliphatic carbocycles. The molecule has 0 spiro atoms. The minimum atomic E-state index is 1.06. The Bertz CT molecular complexity index is 313. The topological polar surface area (TPSA) is 54.7 Å². The van der Waals surface area contributed by atoms with Gasteiger partial charge in [0, 0.05) is 0 Å². The van der Waals surface area contributed by atoms with Gasteiger partial charge in [0.15, 0.2) is 0 Å². The number of benzene rings is 1. The second-order valence-corrected chi connectivity index (χ2v) is 2.33. The predicted octanol–water partition coefficient (Wildman–Crippen LogP) is 1.65. The first kappa shape index (κ1) is 9.48. The maximum absolute atomic E-state index is 4.50. The van der Waals surface area contributed by atoms with E-state index in [9.17, 15) is 0 Å². The van der Waals surface area contributed by atoms with Gasteiger partial charge in [-0.15, -0.1) is 0 Å². The second kappa shape index (κ2) is 5.11. The summed E-state index contributed by atoms with van der Waals surface area (Å²) in [5, 5.41) is 0. The van der Waals surface area contributed by atoms with E-state index in [1.54, 1.807) is 6.33 Å². The number of imidazole rings is 1. The molecule has 0 aliphatic heterocycles. The highest BCUT2D eigenvalue weighted by molar-refractivity contribution is 5.57. The number of H-pyrrole nitrogens is 1. The molecule has 0 bridgehead atoms. The van der Waals surface area contributed by atoms with Crippen molar-refractivity contribution in [2.45, 2.75) is 0 Å². The number of rotatable bonds is 1. The molecule has 2 rings (SSSR count). The molecule has 13 heavy (non-hydrogen) atoms. The van der Waals surface area contributed by atoms with Crippen molar-refractivity contribution in [1.29, 1.82) is 0 Å². The summed E-state index contributed by atoms with van der Waals surface area (Å²) in [6, 6.07) is 10.1. The summed E-state index contributed by atoms with van der Waals surface area (Å²) in [7, 11) is 1.50. The van der Waals surface area contributed by atoms with Crippen LogP contribution >= 0.6 is 0 Å². The molecule has 0 aliphatic rings. The lowest BCUT2D eigenvalue weighted by atomic mass is 10.2. The minimum Gasteiger partial charge on any atom is -0.345 e. The molecule has 3 heteroatoms. The number of aromatic nitrogens is 2. The van der Waals surface area contributed by atoms with Gasteiger partial charge in [-0.1, -0.05) is 30.3 Å². The molecule has 1 aromatic heterocycles. The Morgan fingerprint density at radius 2 is 1.85 bits per heavy atom. The molecule has 0 unspecified atom stereocenters. The molecule has 1 aromatic carbocycles. The second-order valence-electron chi connectivity index (χ2n) is 2.33. The molecule has 3 nitrogen and oxygen atoms in total. The number of nitrogens with one attached hydrogen (secondary N) is 1. The lowest BCUT2D eigenvalue weighted by Crippen LogP contribution is -1.73. The Balaban J connectivity index is 0.000000396. The summed E-state index contributed by atoms with van der Waals surface area (Å²) in [6.07, 6.45) is 3.50. The van der Waals surface area contributed by atoms with E-state index < -0.39 is 0 Å². The summed E-state index contributed by atoms with van der Waals surface area (Å²) in [6.45, 7) is 0. The predicted molar refractivity (Wildman–Crippen MR) is 54.1 cm³/mol. The number of nitrogens with zero attached hydrogens (tertiary/aromatic N) is 1. The molecular weight excluding hydrogens is 162 g/mol. The molecule has 0 radical (unpaired) electrons. The first-order chi connectivity index (χ1) is 6.47. The average molecular weight is 175 g/mol. The SMILES string of the molecule is CN.c1ccc(-c2cnc[nH]2)cc1. The third-order valence-electron chi connectivity index (χ3n) is 1.58. The summed E-state index contributed by atoms with van der Waals surface area (Å²) in [5.41, 5.74) is 6.73. The highest BCUT2D eigenvalue weighted by Crippen LogP contribution is 2.13. The first-order valence-corrected chi connectivity index (χ1v) is 4.08. The molecule has 3 N–H and O–H groups in total. The highest BCUT2D eigenvalue weighted by atomic mass is 14.9. The van der Waals surface area contributed by atoms with Crippen LogP contribution in [0.4, 0.5) is 0 Å². The lowest BCUT2D eigenvalue weighted by molar-refractivity contribution is 1.31. The number of hydrogen-bond acceptors (Lipinski definition) is 2. The van der Waals surface area contributed by atoms with Gasteiger partial charge in [-0.25, -0.2) is 4.98 Å². The van der Waals surface area contributed by atoms with Gasteiger partial charge in [0.05, 0.1) is 18.2 Å². The summed E-state index contributed by atoms with van der Waals surface area (Å²) in [4.78, 5) is 6.99. The van der Waals surface area contributed by atoms with Gasteiger partial charge in [-0.2, -0.15) is 0 Å². The van der Waals surface area contributed by atoms with E-state index in [1.165, 1.54) is 12.6 Å². The Labute approximate surface area is 77.6 Å². The molecule has 0 amide bonds. The Morgan fingerprint density at radius 1 is 1.15 bits per heavy atom. The Hall–Kier alpha value is -1.61. The van der Waals surface area contributed by atoms with Crippen LogP contribution in [0.2, 0.25) is 0 Å².